The van der Waals surface area contributed by atoms with Gasteiger partial charge in [-0.15, -0.1) is 0 Å². The zero-order chi connectivity index (χ0) is 25.8. The van der Waals surface area contributed by atoms with Crippen LogP contribution in [0.5, 0.6) is 17.2 Å². The average Bonchev–Trinajstić information content (AvgIpc) is 3.54. The number of hydrogen-bond acceptors (Lipinski definition) is 8. The summed E-state index contributed by atoms with van der Waals surface area (Å²) in [6, 6.07) is 10.5. The smallest absolute Gasteiger partial charge is 0.231 e. The molecule has 8 nitrogen and oxygen atoms in total. The minimum Gasteiger partial charge on any atom is -0.493 e. The molecule has 36 heavy (non-hydrogen) atoms. The van der Waals surface area contributed by atoms with Crippen LogP contribution in [0.1, 0.15) is 56.7 Å². The SMILES string of the molecule is CCCON(C)CCC.COc1cc(C2CC(CCc3ccccn3)N(CC=O)C2)cc2c1OCO2. The number of nitrogens with zero attached hydrogens (tertiary/aromatic N) is 3. The van der Waals surface area contributed by atoms with E-state index in [2.05, 4.69) is 35.9 Å². The third kappa shape index (κ3) is 7.91. The Kier molecular flexibility index (Phi) is 11.5. The number of aldehydes is 1. The van der Waals surface area contributed by atoms with Crippen LogP contribution in [0.2, 0.25) is 0 Å². The molecule has 2 aromatic rings. The second-order valence-corrected chi connectivity index (χ2v) is 9.21. The summed E-state index contributed by atoms with van der Waals surface area (Å²) >= 11 is 0. The number of carbonyl (C=O) groups is 1. The summed E-state index contributed by atoms with van der Waals surface area (Å²) in [6.07, 6.45) is 7.98. The highest BCUT2D eigenvalue weighted by atomic mass is 16.7. The van der Waals surface area contributed by atoms with Crippen LogP contribution in [0, 0.1) is 0 Å². The summed E-state index contributed by atoms with van der Waals surface area (Å²) in [6.45, 7) is 7.67. The lowest BCUT2D eigenvalue weighted by molar-refractivity contribution is -0.139. The van der Waals surface area contributed by atoms with Gasteiger partial charge in [-0.3, -0.25) is 14.7 Å². The summed E-state index contributed by atoms with van der Waals surface area (Å²) in [7, 11) is 3.61. The van der Waals surface area contributed by atoms with E-state index in [0.29, 0.717) is 30.0 Å². The maximum Gasteiger partial charge on any atom is 0.231 e. The molecule has 1 aromatic heterocycles. The molecule has 2 atom stereocenters. The molecule has 198 valence electrons. The number of rotatable bonds is 12. The van der Waals surface area contributed by atoms with Crippen molar-refractivity contribution in [3.63, 3.8) is 0 Å². The number of hydroxylamine groups is 2. The molecule has 0 spiro atoms. The molecule has 4 rings (SSSR count). The Morgan fingerprint density at radius 1 is 1.22 bits per heavy atom. The van der Waals surface area contributed by atoms with E-state index in [1.165, 1.54) is 5.56 Å². The molecule has 1 aromatic carbocycles. The Hall–Kier alpha value is -2.68. The lowest BCUT2D eigenvalue weighted by atomic mass is 9.94. The van der Waals surface area contributed by atoms with Crippen molar-refractivity contribution in [2.45, 2.75) is 57.9 Å². The fraction of sp³-hybridized carbons (Fsp3) is 0.571. The van der Waals surface area contributed by atoms with Crippen molar-refractivity contribution in [1.29, 1.82) is 0 Å². The maximum atomic E-state index is 11.2. The van der Waals surface area contributed by atoms with Crippen LogP contribution < -0.4 is 14.2 Å². The molecule has 8 heteroatoms. The molecule has 2 unspecified atom stereocenters. The number of aryl methyl sites for hydroxylation is 1. The number of pyridine rings is 1. The number of fused-ring (bicyclic) bond motifs is 1. The molecule has 0 saturated carbocycles. The molecule has 0 bridgehead atoms. The summed E-state index contributed by atoms with van der Waals surface area (Å²) in [5.74, 6) is 2.46. The van der Waals surface area contributed by atoms with E-state index in [1.807, 2.05) is 36.5 Å². The molecular formula is C28H41N3O5. The average molecular weight is 500 g/mol. The number of methoxy groups -OCH3 is 1. The molecule has 3 heterocycles. The van der Waals surface area contributed by atoms with Gasteiger partial charge in [0.1, 0.15) is 6.29 Å². The second kappa shape index (κ2) is 14.8. The van der Waals surface area contributed by atoms with Crippen molar-refractivity contribution in [3.8, 4) is 17.2 Å². The van der Waals surface area contributed by atoms with Crippen molar-refractivity contribution in [1.82, 2.24) is 14.9 Å². The van der Waals surface area contributed by atoms with Gasteiger partial charge in [0, 0.05) is 38.1 Å². The molecule has 2 aliphatic rings. The number of benzene rings is 1. The van der Waals surface area contributed by atoms with Crippen molar-refractivity contribution in [2.75, 3.05) is 47.2 Å². The van der Waals surface area contributed by atoms with Crippen molar-refractivity contribution >= 4 is 6.29 Å². The van der Waals surface area contributed by atoms with Gasteiger partial charge in [0.2, 0.25) is 12.5 Å². The molecule has 2 aliphatic heterocycles. The molecule has 0 aliphatic carbocycles. The van der Waals surface area contributed by atoms with Crippen LogP contribution in [-0.2, 0) is 16.1 Å². The Morgan fingerprint density at radius 3 is 2.78 bits per heavy atom. The molecule has 1 saturated heterocycles. The van der Waals surface area contributed by atoms with E-state index in [-0.39, 0.29) is 6.79 Å². The fourth-order valence-electron chi connectivity index (χ4n) is 4.72. The minimum absolute atomic E-state index is 0.226. The van der Waals surface area contributed by atoms with Gasteiger partial charge in [-0.25, -0.2) is 0 Å². The van der Waals surface area contributed by atoms with Crippen molar-refractivity contribution in [3.05, 3.63) is 47.8 Å². The summed E-state index contributed by atoms with van der Waals surface area (Å²) < 4.78 is 16.5. The van der Waals surface area contributed by atoms with Gasteiger partial charge in [0.25, 0.3) is 0 Å². The van der Waals surface area contributed by atoms with Gasteiger partial charge in [0.15, 0.2) is 11.5 Å². The molecule has 1 fully saturated rings. The van der Waals surface area contributed by atoms with Crippen LogP contribution in [0.15, 0.2) is 36.5 Å². The molecule has 0 amide bonds. The standard InChI is InChI=1S/C21H24N2O4.C7H17NO/c1-25-19-11-15(12-20-21(19)27-14-26-20)16-10-18(23(13-16)8-9-24)6-5-17-4-2-3-7-22-17;1-4-6-8(3)9-7-5-2/h2-4,7,9,11-12,16,18H,5-6,8,10,13-14H2,1H3;4-7H2,1-3H3. The first-order chi connectivity index (χ1) is 17.6. The summed E-state index contributed by atoms with van der Waals surface area (Å²) in [5, 5.41) is 1.89. The Morgan fingerprint density at radius 2 is 2.08 bits per heavy atom. The predicted molar refractivity (Wildman–Crippen MR) is 140 cm³/mol. The van der Waals surface area contributed by atoms with E-state index >= 15 is 0 Å². The number of carbonyl (C=O) groups excluding carboxylic acids is 1. The number of hydrogen-bond donors (Lipinski definition) is 0. The lowest BCUT2D eigenvalue weighted by Gasteiger charge is -2.21. The third-order valence-electron chi connectivity index (χ3n) is 6.50. The lowest BCUT2D eigenvalue weighted by Crippen LogP contribution is -2.31. The zero-order valence-corrected chi connectivity index (χ0v) is 22.2. The largest absolute Gasteiger partial charge is 0.493 e. The van der Waals surface area contributed by atoms with Crippen LogP contribution in [-0.4, -0.2) is 74.5 Å². The highest BCUT2D eigenvalue weighted by molar-refractivity contribution is 5.56. The van der Waals surface area contributed by atoms with Gasteiger partial charge in [-0.2, -0.15) is 5.06 Å². The van der Waals surface area contributed by atoms with Crippen LogP contribution in [0.3, 0.4) is 0 Å². The fourth-order valence-corrected chi connectivity index (χ4v) is 4.72. The van der Waals surface area contributed by atoms with E-state index in [0.717, 1.165) is 69.5 Å². The molecule has 0 radical (unpaired) electrons. The van der Waals surface area contributed by atoms with Crippen molar-refractivity contribution < 1.29 is 23.8 Å². The zero-order valence-electron chi connectivity index (χ0n) is 22.2. The van der Waals surface area contributed by atoms with Crippen LogP contribution in [0.25, 0.3) is 0 Å². The van der Waals surface area contributed by atoms with E-state index in [1.54, 1.807) is 7.11 Å². The topological polar surface area (TPSA) is 73.4 Å². The number of ether oxygens (including phenoxy) is 3. The number of likely N-dealkylation sites (tertiary alicyclic amines) is 1. The molecular weight excluding hydrogens is 458 g/mol. The van der Waals surface area contributed by atoms with Gasteiger partial charge >= 0.3 is 0 Å². The Labute approximate surface area is 215 Å². The van der Waals surface area contributed by atoms with E-state index in [9.17, 15) is 4.79 Å². The Balaban J connectivity index is 0.000000345. The predicted octanol–water partition coefficient (Wildman–Crippen LogP) is 4.48. The van der Waals surface area contributed by atoms with Gasteiger partial charge in [-0.1, -0.05) is 19.9 Å². The normalized spacial score (nSPS) is 18.7. The first kappa shape index (κ1) is 27.9. The maximum absolute atomic E-state index is 11.2. The highest BCUT2D eigenvalue weighted by Crippen LogP contribution is 2.45. The van der Waals surface area contributed by atoms with Gasteiger partial charge in [-0.05, 0) is 67.9 Å². The first-order valence-electron chi connectivity index (χ1n) is 13.0. The van der Waals surface area contributed by atoms with E-state index in [4.69, 9.17) is 19.0 Å². The van der Waals surface area contributed by atoms with Gasteiger partial charge < -0.3 is 19.0 Å². The quantitative estimate of drug-likeness (QED) is 0.313. The summed E-state index contributed by atoms with van der Waals surface area (Å²) in [4.78, 5) is 23.1. The van der Waals surface area contributed by atoms with Gasteiger partial charge in [0.05, 0.1) is 20.3 Å². The minimum atomic E-state index is 0.226. The Bertz CT molecular complexity index is 927. The van der Waals surface area contributed by atoms with Crippen molar-refractivity contribution in [2.24, 2.45) is 0 Å². The van der Waals surface area contributed by atoms with E-state index < -0.39 is 0 Å². The van der Waals surface area contributed by atoms with Crippen LogP contribution >= 0.6 is 0 Å². The highest BCUT2D eigenvalue weighted by Gasteiger charge is 2.34. The number of aromatic nitrogens is 1. The second-order valence-electron chi connectivity index (χ2n) is 9.21. The summed E-state index contributed by atoms with van der Waals surface area (Å²) in [5.41, 5.74) is 2.27. The van der Waals surface area contributed by atoms with Crippen LogP contribution in [0.4, 0.5) is 0 Å². The first-order valence-corrected chi connectivity index (χ1v) is 13.0. The molecule has 0 N–H and O–H groups in total. The third-order valence-corrected chi connectivity index (χ3v) is 6.50. The monoisotopic (exact) mass is 499 g/mol.